The van der Waals surface area contributed by atoms with Crippen molar-refractivity contribution in [3.05, 3.63) is 40.0 Å². The molecular formula is C16H20O. The zero-order chi connectivity index (χ0) is 12.6. The lowest BCUT2D eigenvalue weighted by Crippen LogP contribution is -2.18. The highest BCUT2D eigenvalue weighted by atomic mass is 16.1. The molecule has 0 saturated heterocycles. The molecular weight excluding hydrogens is 208 g/mol. The maximum absolute atomic E-state index is 11.1. The summed E-state index contributed by atoms with van der Waals surface area (Å²) in [5, 5.41) is 0. The average Bonchev–Trinajstić information content (AvgIpc) is 2.33. The molecule has 90 valence electrons. The fourth-order valence-corrected chi connectivity index (χ4v) is 2.78. The van der Waals surface area contributed by atoms with E-state index < -0.39 is 0 Å². The van der Waals surface area contributed by atoms with Crippen molar-refractivity contribution in [2.45, 2.75) is 46.5 Å². The highest BCUT2D eigenvalue weighted by Crippen LogP contribution is 2.50. The zero-order valence-corrected chi connectivity index (χ0v) is 11.1. The minimum absolute atomic E-state index is 0.476. The number of hydrogen-bond donors (Lipinski definition) is 0. The van der Waals surface area contributed by atoms with E-state index in [-0.39, 0.29) is 0 Å². The van der Waals surface area contributed by atoms with E-state index in [2.05, 4.69) is 39.8 Å². The smallest absolute Gasteiger partial charge is 0.146 e. The Balaban J connectivity index is 2.61. The molecule has 0 aliphatic heterocycles. The lowest BCUT2D eigenvalue weighted by atomic mass is 9.68. The summed E-state index contributed by atoms with van der Waals surface area (Å²) in [5.74, 6) is 0.476. The molecule has 1 aromatic rings. The van der Waals surface area contributed by atoms with Crippen molar-refractivity contribution in [3.8, 4) is 0 Å². The fraction of sp³-hybridized carbons (Fsp3) is 0.438. The van der Waals surface area contributed by atoms with Gasteiger partial charge in [-0.25, -0.2) is 0 Å². The van der Waals surface area contributed by atoms with Gasteiger partial charge >= 0.3 is 0 Å². The quantitative estimate of drug-likeness (QED) is 0.560. The molecule has 1 aliphatic carbocycles. The summed E-state index contributed by atoms with van der Waals surface area (Å²) < 4.78 is 0. The predicted octanol–water partition coefficient (Wildman–Crippen LogP) is 4.17. The molecule has 1 aliphatic rings. The minimum atomic E-state index is 0.476. The predicted molar refractivity (Wildman–Crippen MR) is 72.2 cm³/mol. The molecule has 0 fully saturated rings. The third-order valence-electron chi connectivity index (χ3n) is 3.96. The van der Waals surface area contributed by atoms with Gasteiger partial charge < -0.3 is 0 Å². The Morgan fingerprint density at radius 3 is 2.41 bits per heavy atom. The van der Waals surface area contributed by atoms with E-state index in [0.717, 1.165) is 24.7 Å². The Kier molecular flexibility index (Phi) is 3.19. The largest absolute Gasteiger partial charge is 0.298 e. The van der Waals surface area contributed by atoms with Crippen LogP contribution in [0.25, 0.3) is 5.57 Å². The van der Waals surface area contributed by atoms with Crippen molar-refractivity contribution in [2.75, 3.05) is 0 Å². The highest BCUT2D eigenvalue weighted by Gasteiger charge is 2.32. The van der Waals surface area contributed by atoms with Crippen molar-refractivity contribution in [2.24, 2.45) is 0 Å². The molecule has 0 aromatic heterocycles. The molecule has 0 bridgehead atoms. The first kappa shape index (κ1) is 12.1. The van der Waals surface area contributed by atoms with Gasteiger partial charge in [-0.05, 0) is 60.1 Å². The van der Waals surface area contributed by atoms with Crippen LogP contribution in [0, 0.1) is 13.8 Å². The average molecular weight is 228 g/mol. The molecule has 2 rings (SSSR count). The summed E-state index contributed by atoms with van der Waals surface area (Å²) in [6.45, 7) is 8.55. The summed E-state index contributed by atoms with van der Waals surface area (Å²) in [7, 11) is 0. The Morgan fingerprint density at radius 1 is 1.24 bits per heavy atom. The van der Waals surface area contributed by atoms with Gasteiger partial charge in [0, 0.05) is 5.92 Å². The molecule has 1 aromatic carbocycles. The van der Waals surface area contributed by atoms with Crippen molar-refractivity contribution in [3.63, 3.8) is 0 Å². The van der Waals surface area contributed by atoms with E-state index in [4.69, 9.17) is 0 Å². The van der Waals surface area contributed by atoms with Crippen LogP contribution in [0.4, 0.5) is 0 Å². The number of rotatable bonds is 3. The van der Waals surface area contributed by atoms with Crippen LogP contribution in [0.15, 0.2) is 17.7 Å². The number of hydrogen-bond acceptors (Lipinski definition) is 1. The number of carbonyl (C=O) groups is 1. The van der Waals surface area contributed by atoms with Gasteiger partial charge in [0.2, 0.25) is 0 Å². The van der Waals surface area contributed by atoms with Crippen LogP contribution >= 0.6 is 0 Å². The maximum atomic E-state index is 11.1. The van der Waals surface area contributed by atoms with Crippen LogP contribution < -0.4 is 0 Å². The van der Waals surface area contributed by atoms with Crippen LogP contribution in [0.3, 0.4) is 0 Å². The summed E-state index contributed by atoms with van der Waals surface area (Å²) in [5.41, 5.74) is 7.68. The molecule has 17 heavy (non-hydrogen) atoms. The van der Waals surface area contributed by atoms with Gasteiger partial charge in [0.05, 0.1) is 0 Å². The second-order valence-corrected chi connectivity index (χ2v) is 4.89. The standard InChI is InChI=1S/C16H20O/c1-5-12(9-17)16-13(6-2)14-7-10(3)11(4)8-15(14)16/h7-9,13H,5-6H2,1-4H3/b16-12+. The van der Waals surface area contributed by atoms with E-state index in [9.17, 15) is 4.79 Å². The number of benzene rings is 1. The second-order valence-electron chi connectivity index (χ2n) is 4.89. The normalized spacial score (nSPS) is 20.6. The fourth-order valence-electron chi connectivity index (χ4n) is 2.78. The molecule has 0 saturated carbocycles. The lowest BCUT2D eigenvalue weighted by molar-refractivity contribution is -0.105. The van der Waals surface area contributed by atoms with Crippen molar-refractivity contribution in [1.29, 1.82) is 0 Å². The number of aryl methyl sites for hydroxylation is 2. The first-order chi connectivity index (χ1) is 8.13. The van der Waals surface area contributed by atoms with Gasteiger partial charge in [0.25, 0.3) is 0 Å². The molecule has 1 unspecified atom stereocenters. The Morgan fingerprint density at radius 2 is 1.88 bits per heavy atom. The molecule has 0 radical (unpaired) electrons. The highest BCUT2D eigenvalue weighted by molar-refractivity contribution is 5.96. The van der Waals surface area contributed by atoms with Gasteiger partial charge in [-0.3, -0.25) is 4.79 Å². The van der Waals surface area contributed by atoms with E-state index in [1.54, 1.807) is 0 Å². The van der Waals surface area contributed by atoms with E-state index in [1.807, 2.05) is 0 Å². The van der Waals surface area contributed by atoms with E-state index in [1.165, 1.54) is 27.8 Å². The summed E-state index contributed by atoms with van der Waals surface area (Å²) in [6.07, 6.45) is 2.96. The third-order valence-corrected chi connectivity index (χ3v) is 3.96. The molecule has 0 spiro atoms. The topological polar surface area (TPSA) is 17.1 Å². The second kappa shape index (κ2) is 4.48. The van der Waals surface area contributed by atoms with Crippen LogP contribution in [0.2, 0.25) is 0 Å². The number of aldehydes is 1. The lowest BCUT2D eigenvalue weighted by Gasteiger charge is -2.35. The monoisotopic (exact) mass is 228 g/mol. The summed E-state index contributed by atoms with van der Waals surface area (Å²) in [6, 6.07) is 4.53. The Bertz CT molecular complexity index is 494. The van der Waals surface area contributed by atoms with E-state index in [0.29, 0.717) is 5.92 Å². The van der Waals surface area contributed by atoms with Gasteiger partial charge in [-0.15, -0.1) is 0 Å². The molecule has 1 atom stereocenters. The summed E-state index contributed by atoms with van der Waals surface area (Å²) in [4.78, 5) is 11.1. The Hall–Kier alpha value is -1.37. The van der Waals surface area contributed by atoms with Crippen molar-refractivity contribution >= 4 is 11.9 Å². The molecule has 0 N–H and O–H groups in total. The number of allylic oxidation sites excluding steroid dienone is 2. The SMILES string of the molecule is CC/C(C=O)=C1\c2cc(C)c(C)cc2C1CC. The van der Waals surface area contributed by atoms with Gasteiger partial charge in [0.1, 0.15) is 6.29 Å². The summed E-state index contributed by atoms with van der Waals surface area (Å²) >= 11 is 0. The number of carbonyl (C=O) groups excluding carboxylic acids is 1. The zero-order valence-electron chi connectivity index (χ0n) is 11.1. The van der Waals surface area contributed by atoms with Crippen LogP contribution in [-0.4, -0.2) is 6.29 Å². The van der Waals surface area contributed by atoms with Gasteiger partial charge in [-0.2, -0.15) is 0 Å². The number of fused-ring (bicyclic) bond motifs is 1. The van der Waals surface area contributed by atoms with Crippen molar-refractivity contribution in [1.82, 2.24) is 0 Å². The van der Waals surface area contributed by atoms with Gasteiger partial charge in [-0.1, -0.05) is 26.0 Å². The van der Waals surface area contributed by atoms with Crippen molar-refractivity contribution < 1.29 is 4.79 Å². The third kappa shape index (κ3) is 1.74. The molecule has 0 heterocycles. The van der Waals surface area contributed by atoms with Crippen LogP contribution in [0.5, 0.6) is 0 Å². The molecule has 1 heteroatoms. The van der Waals surface area contributed by atoms with E-state index >= 15 is 0 Å². The van der Waals surface area contributed by atoms with Crippen LogP contribution in [0.1, 0.15) is 54.9 Å². The maximum Gasteiger partial charge on any atom is 0.146 e. The molecule has 1 nitrogen and oxygen atoms in total. The van der Waals surface area contributed by atoms with Crippen LogP contribution in [-0.2, 0) is 4.79 Å². The minimum Gasteiger partial charge on any atom is -0.298 e. The first-order valence-corrected chi connectivity index (χ1v) is 6.43. The van der Waals surface area contributed by atoms with Gasteiger partial charge in [0.15, 0.2) is 0 Å². The molecule has 0 amide bonds. The Labute approximate surface area is 104 Å². The first-order valence-electron chi connectivity index (χ1n) is 6.43.